The molecule has 0 spiro atoms. The molecule has 0 amide bonds. The van der Waals surface area contributed by atoms with Crippen LogP contribution in [0.5, 0.6) is 0 Å². The number of likely N-dealkylation sites (tertiary alicyclic amines) is 1. The maximum Gasteiger partial charge on any atom is 0.0209 e. The second-order valence-electron chi connectivity index (χ2n) is 4.69. The van der Waals surface area contributed by atoms with Crippen molar-refractivity contribution in [1.82, 2.24) is 10.2 Å². The van der Waals surface area contributed by atoms with Crippen molar-refractivity contribution in [2.45, 2.75) is 58.0 Å². The fourth-order valence-corrected chi connectivity index (χ4v) is 2.41. The number of nitrogens with zero attached hydrogens (tertiary/aromatic N) is 1. The summed E-state index contributed by atoms with van der Waals surface area (Å²) in [5, 5.41) is 3.81. The molecule has 14 heavy (non-hydrogen) atoms. The largest absolute Gasteiger partial charge is 0.310 e. The van der Waals surface area contributed by atoms with Gasteiger partial charge in [0.1, 0.15) is 0 Å². The molecular formula is C12H26N2. The Hall–Kier alpha value is -0.0800. The van der Waals surface area contributed by atoms with Gasteiger partial charge in [0.25, 0.3) is 0 Å². The molecule has 0 aromatic carbocycles. The van der Waals surface area contributed by atoms with Crippen LogP contribution in [0.15, 0.2) is 0 Å². The van der Waals surface area contributed by atoms with Crippen LogP contribution in [0.1, 0.15) is 46.0 Å². The standard InChI is InChI=1S/C12H26N2/c1-4-6-11(7-5-2)13-12-8-9-14(3)10-12/h11-13H,4-10H2,1-3H3/t12-/m1/s1. The Labute approximate surface area is 89.1 Å². The van der Waals surface area contributed by atoms with Crippen molar-refractivity contribution in [3.05, 3.63) is 0 Å². The average Bonchev–Trinajstić information content (AvgIpc) is 2.52. The zero-order chi connectivity index (χ0) is 10.4. The minimum Gasteiger partial charge on any atom is -0.310 e. The first-order valence-corrected chi connectivity index (χ1v) is 6.20. The number of nitrogens with one attached hydrogen (secondary N) is 1. The maximum atomic E-state index is 3.81. The summed E-state index contributed by atoms with van der Waals surface area (Å²) < 4.78 is 0. The lowest BCUT2D eigenvalue weighted by Gasteiger charge is -2.22. The van der Waals surface area contributed by atoms with Crippen LogP contribution in [0.25, 0.3) is 0 Å². The Bertz CT molecular complexity index is 141. The van der Waals surface area contributed by atoms with Gasteiger partial charge in [-0.3, -0.25) is 0 Å². The highest BCUT2D eigenvalue weighted by Crippen LogP contribution is 2.11. The SMILES string of the molecule is CCCC(CCC)N[C@@H]1CCN(C)C1. The fourth-order valence-electron chi connectivity index (χ4n) is 2.41. The van der Waals surface area contributed by atoms with Gasteiger partial charge in [-0.25, -0.2) is 0 Å². The predicted molar refractivity (Wildman–Crippen MR) is 62.6 cm³/mol. The monoisotopic (exact) mass is 198 g/mol. The summed E-state index contributed by atoms with van der Waals surface area (Å²) in [5.74, 6) is 0. The van der Waals surface area contributed by atoms with Crippen LogP contribution in [0.2, 0.25) is 0 Å². The van der Waals surface area contributed by atoms with E-state index in [9.17, 15) is 0 Å². The van der Waals surface area contributed by atoms with Crippen molar-refractivity contribution in [2.75, 3.05) is 20.1 Å². The first kappa shape index (κ1) is 12.0. The van der Waals surface area contributed by atoms with Crippen LogP contribution in [-0.2, 0) is 0 Å². The molecule has 0 unspecified atom stereocenters. The smallest absolute Gasteiger partial charge is 0.0209 e. The lowest BCUT2D eigenvalue weighted by Crippen LogP contribution is -2.39. The molecular weight excluding hydrogens is 172 g/mol. The lowest BCUT2D eigenvalue weighted by atomic mass is 10.1. The molecule has 1 heterocycles. The van der Waals surface area contributed by atoms with Gasteiger partial charge >= 0.3 is 0 Å². The molecule has 0 radical (unpaired) electrons. The summed E-state index contributed by atoms with van der Waals surface area (Å²) in [5.41, 5.74) is 0. The topological polar surface area (TPSA) is 15.3 Å². The molecule has 1 saturated heterocycles. The van der Waals surface area contributed by atoms with E-state index in [0.717, 1.165) is 12.1 Å². The van der Waals surface area contributed by atoms with Crippen LogP contribution in [-0.4, -0.2) is 37.1 Å². The molecule has 0 aromatic rings. The molecule has 1 aliphatic rings. The van der Waals surface area contributed by atoms with Crippen LogP contribution >= 0.6 is 0 Å². The van der Waals surface area contributed by atoms with E-state index in [2.05, 4.69) is 31.1 Å². The van der Waals surface area contributed by atoms with E-state index in [-0.39, 0.29) is 0 Å². The highest BCUT2D eigenvalue weighted by molar-refractivity contribution is 4.82. The van der Waals surface area contributed by atoms with Gasteiger partial charge in [-0.05, 0) is 32.9 Å². The molecule has 0 aliphatic carbocycles. The molecule has 0 saturated carbocycles. The van der Waals surface area contributed by atoms with E-state index in [0.29, 0.717) is 0 Å². The third kappa shape index (κ3) is 3.97. The van der Waals surface area contributed by atoms with E-state index in [1.165, 1.54) is 45.2 Å². The Morgan fingerprint density at radius 2 is 1.93 bits per heavy atom. The third-order valence-electron chi connectivity index (χ3n) is 3.14. The van der Waals surface area contributed by atoms with Crippen molar-refractivity contribution >= 4 is 0 Å². The molecule has 1 fully saturated rings. The van der Waals surface area contributed by atoms with Crippen molar-refractivity contribution in [2.24, 2.45) is 0 Å². The van der Waals surface area contributed by atoms with Crippen molar-refractivity contribution in [1.29, 1.82) is 0 Å². The molecule has 2 nitrogen and oxygen atoms in total. The third-order valence-corrected chi connectivity index (χ3v) is 3.14. The van der Waals surface area contributed by atoms with Crippen LogP contribution < -0.4 is 5.32 Å². The quantitative estimate of drug-likeness (QED) is 0.704. The summed E-state index contributed by atoms with van der Waals surface area (Å²) in [7, 11) is 2.22. The molecule has 84 valence electrons. The number of hydrogen-bond donors (Lipinski definition) is 1. The van der Waals surface area contributed by atoms with Gasteiger partial charge in [0.15, 0.2) is 0 Å². The molecule has 1 N–H and O–H groups in total. The summed E-state index contributed by atoms with van der Waals surface area (Å²) in [6.07, 6.45) is 6.63. The molecule has 1 aliphatic heterocycles. The normalized spacial score (nSPS) is 23.6. The van der Waals surface area contributed by atoms with Gasteiger partial charge in [-0.1, -0.05) is 26.7 Å². The van der Waals surface area contributed by atoms with Gasteiger partial charge in [0, 0.05) is 18.6 Å². The highest BCUT2D eigenvalue weighted by Gasteiger charge is 2.21. The van der Waals surface area contributed by atoms with Gasteiger partial charge < -0.3 is 10.2 Å². The van der Waals surface area contributed by atoms with E-state index < -0.39 is 0 Å². The van der Waals surface area contributed by atoms with Crippen LogP contribution in [0, 0.1) is 0 Å². The van der Waals surface area contributed by atoms with Gasteiger partial charge in [0.2, 0.25) is 0 Å². The fraction of sp³-hybridized carbons (Fsp3) is 1.00. The van der Waals surface area contributed by atoms with Crippen LogP contribution in [0.4, 0.5) is 0 Å². The summed E-state index contributed by atoms with van der Waals surface area (Å²) >= 11 is 0. The molecule has 0 bridgehead atoms. The number of hydrogen-bond acceptors (Lipinski definition) is 2. The Morgan fingerprint density at radius 1 is 1.29 bits per heavy atom. The predicted octanol–water partition coefficient (Wildman–Crippen LogP) is 2.25. The summed E-state index contributed by atoms with van der Waals surface area (Å²) in [6, 6.07) is 1.52. The first-order valence-electron chi connectivity index (χ1n) is 6.20. The minimum absolute atomic E-state index is 0.753. The van der Waals surface area contributed by atoms with Gasteiger partial charge in [-0.15, -0.1) is 0 Å². The van der Waals surface area contributed by atoms with E-state index in [1.807, 2.05) is 0 Å². The van der Waals surface area contributed by atoms with E-state index in [1.54, 1.807) is 0 Å². The Balaban J connectivity index is 2.24. The molecule has 0 aromatic heterocycles. The summed E-state index contributed by atoms with van der Waals surface area (Å²) in [6.45, 7) is 7.07. The molecule has 1 atom stereocenters. The van der Waals surface area contributed by atoms with Crippen molar-refractivity contribution in [3.8, 4) is 0 Å². The van der Waals surface area contributed by atoms with E-state index >= 15 is 0 Å². The van der Waals surface area contributed by atoms with Crippen LogP contribution in [0.3, 0.4) is 0 Å². The zero-order valence-electron chi connectivity index (χ0n) is 10.1. The van der Waals surface area contributed by atoms with E-state index in [4.69, 9.17) is 0 Å². The Morgan fingerprint density at radius 3 is 2.36 bits per heavy atom. The van der Waals surface area contributed by atoms with Gasteiger partial charge in [0.05, 0.1) is 0 Å². The molecule has 2 heteroatoms. The number of likely N-dealkylation sites (N-methyl/N-ethyl adjacent to an activating group) is 1. The first-order chi connectivity index (χ1) is 6.76. The lowest BCUT2D eigenvalue weighted by molar-refractivity contribution is 0.361. The van der Waals surface area contributed by atoms with Gasteiger partial charge in [-0.2, -0.15) is 0 Å². The maximum absolute atomic E-state index is 3.81. The zero-order valence-corrected chi connectivity index (χ0v) is 10.1. The average molecular weight is 198 g/mol. The number of rotatable bonds is 6. The van der Waals surface area contributed by atoms with Crippen molar-refractivity contribution < 1.29 is 0 Å². The Kier molecular flexibility index (Phi) is 5.49. The summed E-state index contributed by atoms with van der Waals surface area (Å²) in [4.78, 5) is 2.42. The second-order valence-corrected chi connectivity index (χ2v) is 4.69. The second kappa shape index (κ2) is 6.41. The molecule has 1 rings (SSSR count). The minimum atomic E-state index is 0.753. The van der Waals surface area contributed by atoms with Crippen molar-refractivity contribution in [3.63, 3.8) is 0 Å². The highest BCUT2D eigenvalue weighted by atomic mass is 15.2.